The number of anilines is 1. The largest absolute Gasteiger partial charge is 0.396 e. The van der Waals surface area contributed by atoms with E-state index >= 15 is 0 Å². The second-order valence-corrected chi connectivity index (χ2v) is 5.19. The van der Waals surface area contributed by atoms with Gasteiger partial charge in [-0.05, 0) is 18.9 Å². The van der Waals surface area contributed by atoms with Gasteiger partial charge < -0.3 is 14.9 Å². The van der Waals surface area contributed by atoms with Gasteiger partial charge >= 0.3 is 0 Å². The monoisotopic (exact) mass is 262 g/mol. The van der Waals surface area contributed by atoms with Crippen LogP contribution in [0.25, 0.3) is 0 Å². The van der Waals surface area contributed by atoms with Gasteiger partial charge in [0, 0.05) is 44.6 Å². The van der Waals surface area contributed by atoms with Crippen LogP contribution >= 0.6 is 0 Å². The summed E-state index contributed by atoms with van der Waals surface area (Å²) < 4.78 is 0. The quantitative estimate of drug-likeness (QED) is 0.823. The Morgan fingerprint density at radius 3 is 2.79 bits per heavy atom. The van der Waals surface area contributed by atoms with E-state index in [2.05, 4.69) is 9.97 Å². The highest BCUT2D eigenvalue weighted by Crippen LogP contribution is 2.26. The van der Waals surface area contributed by atoms with E-state index in [-0.39, 0.29) is 24.5 Å². The third-order valence-electron chi connectivity index (χ3n) is 3.87. The summed E-state index contributed by atoms with van der Waals surface area (Å²) in [6.07, 6.45) is 5.25. The van der Waals surface area contributed by atoms with Crippen molar-refractivity contribution in [1.82, 2.24) is 14.9 Å². The first-order chi connectivity index (χ1) is 9.29. The highest BCUT2D eigenvalue weighted by Gasteiger charge is 2.39. The van der Waals surface area contributed by atoms with Gasteiger partial charge in [-0.3, -0.25) is 4.79 Å². The molecule has 0 radical (unpaired) electrons. The van der Waals surface area contributed by atoms with Crippen LogP contribution in [0.5, 0.6) is 0 Å². The Labute approximate surface area is 112 Å². The van der Waals surface area contributed by atoms with E-state index < -0.39 is 0 Å². The summed E-state index contributed by atoms with van der Waals surface area (Å²) in [5.74, 6) is 1.04. The fourth-order valence-corrected chi connectivity index (χ4v) is 2.78. The Morgan fingerprint density at radius 2 is 2.11 bits per heavy atom. The Bertz CT molecular complexity index is 447. The average molecular weight is 262 g/mol. The summed E-state index contributed by atoms with van der Waals surface area (Å²) in [5.41, 5.74) is 0. The van der Waals surface area contributed by atoms with Crippen molar-refractivity contribution in [3.63, 3.8) is 0 Å². The smallest absolute Gasteiger partial charge is 0.245 e. The van der Waals surface area contributed by atoms with E-state index in [4.69, 9.17) is 5.11 Å². The number of amides is 1. The van der Waals surface area contributed by atoms with Crippen molar-refractivity contribution in [2.45, 2.75) is 18.9 Å². The molecule has 0 spiro atoms. The van der Waals surface area contributed by atoms with Crippen molar-refractivity contribution < 1.29 is 9.90 Å². The molecule has 1 N–H and O–H groups in total. The summed E-state index contributed by atoms with van der Waals surface area (Å²) in [6.45, 7) is 2.35. The minimum absolute atomic E-state index is 0.137. The maximum atomic E-state index is 12.4. The molecule has 102 valence electrons. The predicted molar refractivity (Wildman–Crippen MR) is 69.6 cm³/mol. The SMILES string of the molecule is O=C(C1CCCN1c1ncccn1)N1CC(CO)C1. The summed E-state index contributed by atoms with van der Waals surface area (Å²) in [7, 11) is 0. The Hall–Kier alpha value is -1.69. The third-order valence-corrected chi connectivity index (χ3v) is 3.87. The van der Waals surface area contributed by atoms with Gasteiger partial charge in [-0.2, -0.15) is 0 Å². The number of carbonyl (C=O) groups excluding carboxylic acids is 1. The van der Waals surface area contributed by atoms with Crippen molar-refractivity contribution in [2.24, 2.45) is 5.92 Å². The predicted octanol–water partition coefficient (Wildman–Crippen LogP) is -0.104. The maximum Gasteiger partial charge on any atom is 0.245 e. The molecule has 1 amide bonds. The van der Waals surface area contributed by atoms with Gasteiger partial charge in [-0.15, -0.1) is 0 Å². The van der Waals surface area contributed by atoms with Crippen molar-refractivity contribution in [2.75, 3.05) is 31.1 Å². The first kappa shape index (κ1) is 12.3. The summed E-state index contributed by atoms with van der Waals surface area (Å²) in [6, 6.07) is 1.64. The van der Waals surface area contributed by atoms with Gasteiger partial charge in [0.1, 0.15) is 6.04 Å². The lowest BCUT2D eigenvalue weighted by Crippen LogP contribution is -2.56. The molecule has 2 aliphatic heterocycles. The zero-order chi connectivity index (χ0) is 13.2. The van der Waals surface area contributed by atoms with E-state index in [1.165, 1.54) is 0 Å². The molecule has 6 heteroatoms. The first-order valence-corrected chi connectivity index (χ1v) is 6.73. The molecular formula is C13H18N4O2. The lowest BCUT2D eigenvalue weighted by molar-refractivity contribution is -0.139. The molecule has 6 nitrogen and oxygen atoms in total. The van der Waals surface area contributed by atoms with Crippen LogP contribution in [-0.2, 0) is 4.79 Å². The van der Waals surface area contributed by atoms with Crippen LogP contribution in [0.3, 0.4) is 0 Å². The van der Waals surface area contributed by atoms with Crippen LogP contribution in [0.1, 0.15) is 12.8 Å². The van der Waals surface area contributed by atoms with E-state index in [0.29, 0.717) is 19.0 Å². The second kappa shape index (κ2) is 5.13. The maximum absolute atomic E-state index is 12.4. The van der Waals surface area contributed by atoms with Gasteiger partial charge in [0.15, 0.2) is 0 Å². The van der Waals surface area contributed by atoms with Crippen LogP contribution in [0.15, 0.2) is 18.5 Å². The van der Waals surface area contributed by atoms with Crippen LogP contribution in [-0.4, -0.2) is 58.2 Å². The number of hydrogen-bond donors (Lipinski definition) is 1. The normalized spacial score (nSPS) is 23.5. The lowest BCUT2D eigenvalue weighted by Gasteiger charge is -2.41. The summed E-state index contributed by atoms with van der Waals surface area (Å²) in [4.78, 5) is 24.7. The Kier molecular flexibility index (Phi) is 3.33. The molecule has 1 aromatic rings. The highest BCUT2D eigenvalue weighted by atomic mass is 16.3. The molecule has 1 unspecified atom stereocenters. The van der Waals surface area contributed by atoms with Crippen molar-refractivity contribution in [3.8, 4) is 0 Å². The zero-order valence-electron chi connectivity index (χ0n) is 10.8. The first-order valence-electron chi connectivity index (χ1n) is 6.73. The van der Waals surface area contributed by atoms with E-state index in [9.17, 15) is 4.79 Å². The van der Waals surface area contributed by atoms with Crippen LogP contribution in [0.2, 0.25) is 0 Å². The molecule has 0 saturated carbocycles. The van der Waals surface area contributed by atoms with Crippen LogP contribution < -0.4 is 4.90 Å². The Balaban J connectivity index is 1.68. The molecule has 3 rings (SSSR count). The van der Waals surface area contributed by atoms with Gasteiger partial charge in [0.25, 0.3) is 0 Å². The molecule has 1 aromatic heterocycles. The number of aromatic nitrogens is 2. The summed E-state index contributed by atoms with van der Waals surface area (Å²) >= 11 is 0. The molecule has 19 heavy (non-hydrogen) atoms. The lowest BCUT2D eigenvalue weighted by atomic mass is 9.99. The standard InChI is InChI=1S/C13H18N4O2/c18-9-10-7-16(8-10)12(19)11-3-1-6-17(11)13-14-4-2-5-15-13/h2,4-5,10-11,18H,1,3,6-9H2. The Morgan fingerprint density at radius 1 is 1.37 bits per heavy atom. The molecule has 0 bridgehead atoms. The number of rotatable bonds is 3. The number of nitrogens with zero attached hydrogens (tertiary/aromatic N) is 4. The third kappa shape index (κ3) is 2.28. The van der Waals surface area contributed by atoms with E-state index in [0.717, 1.165) is 19.4 Å². The molecule has 0 aliphatic carbocycles. The molecule has 2 saturated heterocycles. The van der Waals surface area contributed by atoms with Crippen LogP contribution in [0.4, 0.5) is 5.95 Å². The molecule has 1 atom stereocenters. The highest BCUT2D eigenvalue weighted by molar-refractivity contribution is 5.86. The second-order valence-electron chi connectivity index (χ2n) is 5.19. The van der Waals surface area contributed by atoms with Crippen molar-refractivity contribution in [1.29, 1.82) is 0 Å². The zero-order valence-corrected chi connectivity index (χ0v) is 10.8. The molecular weight excluding hydrogens is 244 g/mol. The molecule has 3 heterocycles. The fraction of sp³-hybridized carbons (Fsp3) is 0.615. The number of likely N-dealkylation sites (tertiary alicyclic amines) is 1. The minimum atomic E-state index is -0.137. The molecule has 2 aliphatic rings. The topological polar surface area (TPSA) is 69.6 Å². The van der Waals surface area contributed by atoms with Crippen LogP contribution in [0, 0.1) is 5.92 Å². The average Bonchev–Trinajstić information content (AvgIpc) is 2.87. The molecule has 0 aromatic carbocycles. The van der Waals surface area contributed by atoms with E-state index in [1.807, 2.05) is 9.80 Å². The summed E-state index contributed by atoms with van der Waals surface area (Å²) in [5, 5.41) is 9.01. The number of aliphatic hydroxyl groups is 1. The van der Waals surface area contributed by atoms with Crippen molar-refractivity contribution in [3.05, 3.63) is 18.5 Å². The number of hydrogen-bond acceptors (Lipinski definition) is 5. The van der Waals surface area contributed by atoms with Gasteiger partial charge in [-0.25, -0.2) is 9.97 Å². The number of carbonyl (C=O) groups is 1. The van der Waals surface area contributed by atoms with Gasteiger partial charge in [-0.1, -0.05) is 0 Å². The van der Waals surface area contributed by atoms with E-state index in [1.54, 1.807) is 18.5 Å². The van der Waals surface area contributed by atoms with Gasteiger partial charge in [0.2, 0.25) is 11.9 Å². The fourth-order valence-electron chi connectivity index (χ4n) is 2.78. The molecule has 2 fully saturated rings. The van der Waals surface area contributed by atoms with Gasteiger partial charge in [0.05, 0.1) is 0 Å². The minimum Gasteiger partial charge on any atom is -0.396 e. The van der Waals surface area contributed by atoms with Crippen molar-refractivity contribution >= 4 is 11.9 Å². The number of aliphatic hydroxyl groups excluding tert-OH is 1.